The molecule has 6 heteroatoms. The smallest absolute Gasteiger partial charge is 0.227 e. The summed E-state index contributed by atoms with van der Waals surface area (Å²) in [5.41, 5.74) is 9.09. The lowest BCUT2D eigenvalue weighted by atomic mass is 9.85. The second-order valence-electron chi connectivity index (χ2n) is 7.79. The molecule has 0 aromatic carbocycles. The molecule has 0 aliphatic heterocycles. The van der Waals surface area contributed by atoms with E-state index < -0.39 is 0 Å². The van der Waals surface area contributed by atoms with Gasteiger partial charge >= 0.3 is 0 Å². The number of amides is 1. The SMILES string of the molecule is CC(C)c1nc(SCC(N)=O)n(Cc2ccncc2)c1CC1CCCCC1. The molecule has 1 fully saturated rings. The van der Waals surface area contributed by atoms with Crippen LogP contribution in [0.3, 0.4) is 0 Å². The van der Waals surface area contributed by atoms with E-state index in [1.165, 1.54) is 60.8 Å². The second-order valence-corrected chi connectivity index (χ2v) is 8.73. The van der Waals surface area contributed by atoms with Crippen molar-refractivity contribution in [2.75, 3.05) is 5.75 Å². The second kappa shape index (κ2) is 9.40. The van der Waals surface area contributed by atoms with Crippen molar-refractivity contribution in [1.82, 2.24) is 14.5 Å². The molecule has 2 aromatic rings. The van der Waals surface area contributed by atoms with E-state index in [1.807, 2.05) is 24.5 Å². The van der Waals surface area contributed by atoms with Gasteiger partial charge in [0.25, 0.3) is 0 Å². The van der Waals surface area contributed by atoms with E-state index in [4.69, 9.17) is 10.7 Å². The summed E-state index contributed by atoms with van der Waals surface area (Å²) in [5, 5.41) is 0.903. The molecule has 27 heavy (non-hydrogen) atoms. The molecular formula is C21H30N4OS. The van der Waals surface area contributed by atoms with Crippen molar-refractivity contribution < 1.29 is 4.79 Å². The summed E-state index contributed by atoms with van der Waals surface area (Å²) in [4.78, 5) is 20.4. The molecule has 1 aliphatic rings. The minimum absolute atomic E-state index is 0.258. The first-order chi connectivity index (χ1) is 13.0. The Morgan fingerprint density at radius 2 is 1.96 bits per heavy atom. The van der Waals surface area contributed by atoms with Crippen molar-refractivity contribution in [1.29, 1.82) is 0 Å². The maximum atomic E-state index is 11.3. The van der Waals surface area contributed by atoms with E-state index in [2.05, 4.69) is 23.4 Å². The summed E-state index contributed by atoms with van der Waals surface area (Å²) in [6, 6.07) is 4.09. The molecule has 5 nitrogen and oxygen atoms in total. The van der Waals surface area contributed by atoms with Crippen LogP contribution < -0.4 is 5.73 Å². The summed E-state index contributed by atoms with van der Waals surface area (Å²) in [5.74, 6) is 1.04. The Morgan fingerprint density at radius 1 is 1.26 bits per heavy atom. The van der Waals surface area contributed by atoms with Gasteiger partial charge in [0.15, 0.2) is 5.16 Å². The molecule has 2 heterocycles. The van der Waals surface area contributed by atoms with Crippen LogP contribution in [0.5, 0.6) is 0 Å². The third kappa shape index (κ3) is 5.34. The van der Waals surface area contributed by atoms with Crippen molar-refractivity contribution >= 4 is 17.7 Å². The van der Waals surface area contributed by atoms with Crippen LogP contribution in [0.2, 0.25) is 0 Å². The highest BCUT2D eigenvalue weighted by atomic mass is 32.2. The van der Waals surface area contributed by atoms with Crippen LogP contribution in [0.25, 0.3) is 0 Å². The fourth-order valence-electron chi connectivity index (χ4n) is 3.90. The molecule has 1 amide bonds. The highest BCUT2D eigenvalue weighted by Crippen LogP contribution is 2.33. The Labute approximate surface area is 166 Å². The van der Waals surface area contributed by atoms with E-state index >= 15 is 0 Å². The van der Waals surface area contributed by atoms with Crippen LogP contribution in [-0.2, 0) is 17.8 Å². The van der Waals surface area contributed by atoms with Gasteiger partial charge in [-0.25, -0.2) is 4.98 Å². The minimum atomic E-state index is -0.307. The number of imidazole rings is 1. The zero-order valence-corrected chi connectivity index (χ0v) is 17.2. The predicted molar refractivity (Wildman–Crippen MR) is 110 cm³/mol. The summed E-state index contributed by atoms with van der Waals surface area (Å²) in [7, 11) is 0. The molecule has 2 N–H and O–H groups in total. The quantitative estimate of drug-likeness (QED) is 0.692. The highest BCUT2D eigenvalue weighted by Gasteiger charge is 2.24. The van der Waals surface area contributed by atoms with Crippen molar-refractivity contribution in [3.05, 3.63) is 41.5 Å². The molecule has 0 spiro atoms. The average molecular weight is 387 g/mol. The minimum Gasteiger partial charge on any atom is -0.369 e. The van der Waals surface area contributed by atoms with Gasteiger partial charge in [-0.3, -0.25) is 9.78 Å². The van der Waals surface area contributed by atoms with Crippen molar-refractivity contribution in [3.63, 3.8) is 0 Å². The van der Waals surface area contributed by atoms with Crippen LogP contribution in [0.1, 0.15) is 68.8 Å². The molecule has 1 aliphatic carbocycles. The number of aromatic nitrogens is 3. The highest BCUT2D eigenvalue weighted by molar-refractivity contribution is 7.99. The standard InChI is InChI=1S/C21H30N4OS/c1-15(2)20-18(12-16-6-4-3-5-7-16)25(13-17-8-10-23-11-9-17)21(24-20)27-14-19(22)26/h8-11,15-16H,3-7,12-14H2,1-2H3,(H2,22,26). The molecule has 1 saturated carbocycles. The van der Waals surface area contributed by atoms with Crippen molar-refractivity contribution in [2.45, 2.75) is 70.0 Å². The first-order valence-corrected chi connectivity index (χ1v) is 10.9. The Kier molecular flexibility index (Phi) is 6.94. The van der Waals surface area contributed by atoms with E-state index in [1.54, 1.807) is 0 Å². The molecule has 0 saturated heterocycles. The first kappa shape index (κ1) is 19.9. The third-order valence-electron chi connectivity index (χ3n) is 5.26. The summed E-state index contributed by atoms with van der Waals surface area (Å²) in [6.07, 6.45) is 11.4. The number of carbonyl (C=O) groups excluding carboxylic acids is 1. The van der Waals surface area contributed by atoms with Crippen LogP contribution in [0, 0.1) is 5.92 Å². The summed E-state index contributed by atoms with van der Waals surface area (Å²) < 4.78 is 2.31. The normalized spacial score (nSPS) is 15.4. The molecule has 2 aromatic heterocycles. The molecule has 146 valence electrons. The van der Waals surface area contributed by atoms with Crippen molar-refractivity contribution in [2.24, 2.45) is 11.7 Å². The maximum Gasteiger partial charge on any atom is 0.227 e. The molecule has 0 unspecified atom stereocenters. The monoisotopic (exact) mass is 386 g/mol. The lowest BCUT2D eigenvalue weighted by molar-refractivity contribution is -0.115. The maximum absolute atomic E-state index is 11.3. The Bertz CT molecular complexity index is 751. The number of hydrogen-bond donors (Lipinski definition) is 1. The number of thioether (sulfide) groups is 1. The van der Waals surface area contributed by atoms with E-state index in [0.29, 0.717) is 5.92 Å². The number of hydrogen-bond acceptors (Lipinski definition) is 4. The van der Waals surface area contributed by atoms with Crippen LogP contribution in [0.4, 0.5) is 0 Å². The number of carbonyl (C=O) groups is 1. The van der Waals surface area contributed by atoms with E-state index in [9.17, 15) is 4.79 Å². The molecule has 0 atom stereocenters. The number of nitrogens with zero attached hydrogens (tertiary/aromatic N) is 3. The fourth-order valence-corrected chi connectivity index (χ4v) is 4.67. The lowest BCUT2D eigenvalue weighted by Crippen LogP contribution is -2.16. The Morgan fingerprint density at radius 3 is 2.59 bits per heavy atom. The lowest BCUT2D eigenvalue weighted by Gasteiger charge is -2.23. The van der Waals surface area contributed by atoms with E-state index in [-0.39, 0.29) is 11.7 Å². The van der Waals surface area contributed by atoms with Gasteiger partial charge in [-0.1, -0.05) is 57.7 Å². The average Bonchev–Trinajstić information content (AvgIpc) is 2.99. The Balaban J connectivity index is 1.96. The number of rotatable bonds is 8. The first-order valence-electron chi connectivity index (χ1n) is 9.94. The molecule has 0 bridgehead atoms. The van der Waals surface area contributed by atoms with Crippen LogP contribution in [0.15, 0.2) is 29.7 Å². The van der Waals surface area contributed by atoms with Gasteiger partial charge < -0.3 is 10.3 Å². The van der Waals surface area contributed by atoms with E-state index in [0.717, 1.165) is 24.0 Å². The molecule has 0 radical (unpaired) electrons. The van der Waals surface area contributed by atoms with Gasteiger partial charge in [-0.15, -0.1) is 0 Å². The van der Waals surface area contributed by atoms with Gasteiger partial charge in [-0.2, -0.15) is 0 Å². The number of nitrogens with two attached hydrogens (primary N) is 1. The Hall–Kier alpha value is -1.82. The topological polar surface area (TPSA) is 73.8 Å². The zero-order valence-electron chi connectivity index (χ0n) is 16.4. The fraction of sp³-hybridized carbons (Fsp3) is 0.571. The predicted octanol–water partition coefficient (Wildman–Crippen LogP) is 4.15. The van der Waals surface area contributed by atoms with Gasteiger partial charge in [0.1, 0.15) is 0 Å². The van der Waals surface area contributed by atoms with Crippen molar-refractivity contribution in [3.8, 4) is 0 Å². The van der Waals surface area contributed by atoms with Gasteiger partial charge in [0.05, 0.1) is 11.4 Å². The van der Waals surface area contributed by atoms with Gasteiger partial charge in [-0.05, 0) is 36.0 Å². The number of primary amides is 1. The van der Waals surface area contributed by atoms with Gasteiger partial charge in [0.2, 0.25) is 5.91 Å². The van der Waals surface area contributed by atoms with Crippen LogP contribution in [-0.4, -0.2) is 26.2 Å². The zero-order chi connectivity index (χ0) is 19.2. The van der Waals surface area contributed by atoms with Gasteiger partial charge in [0, 0.05) is 24.6 Å². The molecular weight excluding hydrogens is 356 g/mol. The summed E-state index contributed by atoms with van der Waals surface area (Å²) >= 11 is 1.45. The largest absolute Gasteiger partial charge is 0.369 e. The number of pyridine rings is 1. The molecule has 3 rings (SSSR count). The third-order valence-corrected chi connectivity index (χ3v) is 6.25. The summed E-state index contributed by atoms with van der Waals surface area (Å²) in [6.45, 7) is 5.16. The van der Waals surface area contributed by atoms with Crippen LogP contribution >= 0.6 is 11.8 Å².